The number of aliphatic hydroxyl groups excluding tert-OH is 1. The van der Waals surface area contributed by atoms with Crippen LogP contribution >= 0.6 is 15.9 Å². The minimum Gasteiger partial charge on any atom is -0.394 e. The number of hydrogen-bond donors (Lipinski definition) is 3. The van der Waals surface area contributed by atoms with E-state index in [4.69, 9.17) is 10.8 Å². The second-order valence-corrected chi connectivity index (χ2v) is 4.01. The molecule has 0 fully saturated rings. The first-order valence-electron chi connectivity index (χ1n) is 5.16. The Labute approximate surface area is 107 Å². The van der Waals surface area contributed by atoms with Gasteiger partial charge in [-0.15, -0.1) is 0 Å². The summed E-state index contributed by atoms with van der Waals surface area (Å²) in [5.41, 5.74) is 5.65. The van der Waals surface area contributed by atoms with Gasteiger partial charge in [0.15, 0.2) is 0 Å². The molecule has 0 spiro atoms. The van der Waals surface area contributed by atoms with E-state index >= 15 is 0 Å². The summed E-state index contributed by atoms with van der Waals surface area (Å²) >= 11 is 3.20. The third-order valence-corrected chi connectivity index (χ3v) is 2.78. The van der Waals surface area contributed by atoms with Crippen LogP contribution in [0.3, 0.4) is 0 Å². The van der Waals surface area contributed by atoms with Crippen LogP contribution in [0.1, 0.15) is 0 Å². The highest BCUT2D eigenvalue weighted by molar-refractivity contribution is 9.10. The van der Waals surface area contributed by atoms with Crippen LogP contribution < -0.4 is 16.6 Å². The summed E-state index contributed by atoms with van der Waals surface area (Å²) in [7, 11) is 0. The fourth-order valence-corrected chi connectivity index (χ4v) is 1.64. The average molecular weight is 303 g/mol. The van der Waals surface area contributed by atoms with Crippen LogP contribution in [0.25, 0.3) is 0 Å². The average Bonchev–Trinajstić information content (AvgIpc) is 2.33. The van der Waals surface area contributed by atoms with Crippen LogP contribution in [0.15, 0.2) is 27.6 Å². The summed E-state index contributed by atoms with van der Waals surface area (Å²) in [6, 6.07) is 0. The molecule has 1 aromatic heterocycles. The van der Waals surface area contributed by atoms with Gasteiger partial charge in [-0.1, -0.05) is 12.2 Å². The lowest BCUT2D eigenvalue weighted by molar-refractivity contribution is 0.266. The van der Waals surface area contributed by atoms with Crippen molar-refractivity contribution in [3.8, 4) is 0 Å². The zero-order valence-corrected chi connectivity index (χ0v) is 10.9. The third kappa shape index (κ3) is 3.95. The van der Waals surface area contributed by atoms with Crippen molar-refractivity contribution in [1.29, 1.82) is 0 Å². The van der Waals surface area contributed by atoms with E-state index in [0.717, 1.165) is 0 Å². The molecule has 0 saturated heterocycles. The lowest BCUT2D eigenvalue weighted by Crippen LogP contribution is -2.25. The SMILES string of the molecule is NC/C=C/CNc1cnn(CCO)c(=O)c1Br. The molecule has 0 aromatic carbocycles. The number of nitrogens with one attached hydrogen (secondary N) is 1. The highest BCUT2D eigenvalue weighted by Crippen LogP contribution is 2.15. The molecule has 0 amide bonds. The van der Waals surface area contributed by atoms with E-state index in [0.29, 0.717) is 23.2 Å². The normalized spacial score (nSPS) is 11.0. The van der Waals surface area contributed by atoms with Gasteiger partial charge in [0.25, 0.3) is 5.56 Å². The summed E-state index contributed by atoms with van der Waals surface area (Å²) in [5, 5.41) is 15.7. The minimum absolute atomic E-state index is 0.120. The quantitative estimate of drug-likeness (QED) is 0.640. The number of aliphatic hydroxyl groups is 1. The Kier molecular flexibility index (Phi) is 5.88. The molecule has 1 aromatic rings. The van der Waals surface area contributed by atoms with Gasteiger partial charge in [0.2, 0.25) is 0 Å². The van der Waals surface area contributed by atoms with E-state index in [1.807, 2.05) is 12.2 Å². The number of anilines is 1. The van der Waals surface area contributed by atoms with Gasteiger partial charge in [-0.2, -0.15) is 5.10 Å². The molecule has 4 N–H and O–H groups in total. The number of rotatable bonds is 6. The maximum absolute atomic E-state index is 11.7. The minimum atomic E-state index is -0.271. The van der Waals surface area contributed by atoms with Crippen LogP contribution in [0.5, 0.6) is 0 Å². The van der Waals surface area contributed by atoms with Crippen molar-refractivity contribution in [1.82, 2.24) is 9.78 Å². The molecule has 6 nitrogen and oxygen atoms in total. The van der Waals surface area contributed by atoms with Gasteiger partial charge in [-0.25, -0.2) is 4.68 Å². The van der Waals surface area contributed by atoms with E-state index < -0.39 is 0 Å². The molecule has 0 aliphatic heterocycles. The molecule has 94 valence electrons. The summed E-state index contributed by atoms with van der Waals surface area (Å²) < 4.78 is 1.60. The first-order valence-corrected chi connectivity index (χ1v) is 5.95. The summed E-state index contributed by atoms with van der Waals surface area (Å²) in [6.07, 6.45) is 5.23. The smallest absolute Gasteiger partial charge is 0.283 e. The summed E-state index contributed by atoms with van der Waals surface area (Å²) in [5.74, 6) is 0. The van der Waals surface area contributed by atoms with Gasteiger partial charge < -0.3 is 16.2 Å². The molecule has 7 heteroatoms. The largest absolute Gasteiger partial charge is 0.394 e. The first-order chi connectivity index (χ1) is 8.20. The highest BCUT2D eigenvalue weighted by atomic mass is 79.9. The fourth-order valence-electron chi connectivity index (χ4n) is 1.19. The van der Waals surface area contributed by atoms with E-state index in [1.165, 1.54) is 10.9 Å². The standard InChI is InChI=1S/C10H15BrN4O2/c11-9-8(13-4-2-1-3-12)7-14-15(5-6-16)10(9)17/h1-2,7,13,16H,3-6,12H2/b2-1+. The Balaban J connectivity index is 2.78. The molecule has 0 radical (unpaired) electrons. The zero-order valence-electron chi connectivity index (χ0n) is 9.27. The Bertz CT molecular complexity index is 444. The van der Waals surface area contributed by atoms with Crippen molar-refractivity contribution in [2.24, 2.45) is 5.73 Å². The van der Waals surface area contributed by atoms with Crippen molar-refractivity contribution >= 4 is 21.6 Å². The maximum atomic E-state index is 11.7. The monoisotopic (exact) mass is 302 g/mol. The predicted molar refractivity (Wildman–Crippen MR) is 70.0 cm³/mol. The molecular formula is C10H15BrN4O2. The van der Waals surface area contributed by atoms with Crippen LogP contribution in [0, 0.1) is 0 Å². The Morgan fingerprint density at radius 2 is 2.35 bits per heavy atom. The third-order valence-electron chi connectivity index (χ3n) is 2.01. The molecular weight excluding hydrogens is 288 g/mol. The van der Waals surface area contributed by atoms with Crippen LogP contribution in [-0.2, 0) is 6.54 Å². The summed E-state index contributed by atoms with van der Waals surface area (Å²) in [6.45, 7) is 1.12. The molecule has 17 heavy (non-hydrogen) atoms. The van der Waals surface area contributed by atoms with E-state index in [-0.39, 0.29) is 18.7 Å². The molecule has 0 unspecified atom stereocenters. The zero-order chi connectivity index (χ0) is 12.7. The molecule has 0 atom stereocenters. The number of nitrogens with zero attached hydrogens (tertiary/aromatic N) is 2. The number of aromatic nitrogens is 2. The highest BCUT2D eigenvalue weighted by Gasteiger charge is 2.07. The molecule has 0 bridgehead atoms. The van der Waals surface area contributed by atoms with Crippen molar-refractivity contribution < 1.29 is 5.11 Å². The first kappa shape index (κ1) is 13.9. The predicted octanol–water partition coefficient (Wildman–Crippen LogP) is -0.0751. The number of nitrogens with two attached hydrogens (primary N) is 1. The molecule has 0 aliphatic carbocycles. The Morgan fingerprint density at radius 3 is 3.00 bits per heavy atom. The van der Waals surface area contributed by atoms with Crippen molar-refractivity contribution in [2.45, 2.75) is 6.54 Å². The second-order valence-electron chi connectivity index (χ2n) is 3.21. The van der Waals surface area contributed by atoms with Gasteiger partial charge in [0.1, 0.15) is 4.47 Å². The summed E-state index contributed by atoms with van der Waals surface area (Å²) in [4.78, 5) is 11.7. The van der Waals surface area contributed by atoms with Crippen LogP contribution in [0.2, 0.25) is 0 Å². The van der Waals surface area contributed by atoms with Crippen LogP contribution in [-0.4, -0.2) is 34.6 Å². The van der Waals surface area contributed by atoms with E-state index in [2.05, 4.69) is 26.3 Å². The van der Waals surface area contributed by atoms with Crippen LogP contribution in [0.4, 0.5) is 5.69 Å². The van der Waals surface area contributed by atoms with Crippen molar-refractivity contribution in [3.05, 3.63) is 33.2 Å². The molecule has 1 heterocycles. The van der Waals surface area contributed by atoms with Gasteiger partial charge in [-0.3, -0.25) is 4.79 Å². The van der Waals surface area contributed by atoms with Gasteiger partial charge in [-0.05, 0) is 15.9 Å². The van der Waals surface area contributed by atoms with Gasteiger partial charge >= 0.3 is 0 Å². The van der Waals surface area contributed by atoms with Gasteiger partial charge in [0.05, 0.1) is 25.0 Å². The lowest BCUT2D eigenvalue weighted by Gasteiger charge is -2.08. The molecule has 0 saturated carbocycles. The molecule has 0 aliphatic rings. The Morgan fingerprint density at radius 1 is 1.59 bits per heavy atom. The van der Waals surface area contributed by atoms with Crippen molar-refractivity contribution in [2.75, 3.05) is 25.0 Å². The maximum Gasteiger partial charge on any atom is 0.283 e. The fraction of sp³-hybridized carbons (Fsp3) is 0.400. The van der Waals surface area contributed by atoms with E-state index in [1.54, 1.807) is 0 Å². The number of halogens is 1. The topological polar surface area (TPSA) is 93.2 Å². The van der Waals surface area contributed by atoms with Gasteiger partial charge in [0, 0.05) is 13.1 Å². The van der Waals surface area contributed by atoms with E-state index in [9.17, 15) is 4.79 Å². The number of hydrogen-bond acceptors (Lipinski definition) is 5. The Hall–Kier alpha value is -1.18. The second kappa shape index (κ2) is 7.21. The lowest BCUT2D eigenvalue weighted by atomic mass is 10.4. The molecule has 1 rings (SSSR count). The van der Waals surface area contributed by atoms with Crippen molar-refractivity contribution in [3.63, 3.8) is 0 Å².